The Kier molecular flexibility index (Phi) is 5.43. The van der Waals surface area contributed by atoms with E-state index in [9.17, 15) is 9.59 Å². The topological polar surface area (TPSA) is 66.4 Å². The molecule has 3 aromatic rings. The van der Waals surface area contributed by atoms with Crippen molar-refractivity contribution in [3.05, 3.63) is 48.0 Å². The summed E-state index contributed by atoms with van der Waals surface area (Å²) in [5.41, 5.74) is 3.73. The number of carbonyl (C=O) groups excluding carboxylic acids is 2. The zero-order valence-electron chi connectivity index (χ0n) is 17.0. The van der Waals surface area contributed by atoms with Crippen molar-refractivity contribution in [3.8, 4) is 0 Å². The second kappa shape index (κ2) is 8.15. The van der Waals surface area contributed by atoms with Crippen LogP contribution < -0.4 is 0 Å². The highest BCUT2D eigenvalue weighted by Gasteiger charge is 2.30. The molecule has 2 amide bonds. The third kappa shape index (κ3) is 3.79. The number of rotatable bonds is 4. The minimum Gasteiger partial charge on any atom is -0.343 e. The Hall–Kier alpha value is -3.02. The van der Waals surface area contributed by atoms with Gasteiger partial charge in [0.25, 0.3) is 5.91 Å². The number of likely N-dealkylation sites (tertiary alicyclic amines) is 1. The molecule has 6 nitrogen and oxygen atoms in total. The van der Waals surface area contributed by atoms with Gasteiger partial charge >= 0.3 is 0 Å². The number of hydrogen-bond donors (Lipinski definition) is 0. The van der Waals surface area contributed by atoms with E-state index in [2.05, 4.69) is 9.97 Å². The summed E-state index contributed by atoms with van der Waals surface area (Å²) in [5, 5.41) is 0. The van der Waals surface area contributed by atoms with Gasteiger partial charge in [-0.05, 0) is 57.0 Å². The molecule has 0 saturated carbocycles. The zero-order valence-corrected chi connectivity index (χ0v) is 17.0. The molecule has 1 aromatic heterocycles. The highest BCUT2D eigenvalue weighted by Crippen LogP contribution is 2.23. The fourth-order valence-electron chi connectivity index (χ4n) is 4.09. The molecule has 150 valence electrons. The smallest absolute Gasteiger partial charge is 0.253 e. The van der Waals surface area contributed by atoms with Crippen molar-refractivity contribution in [2.24, 2.45) is 5.92 Å². The van der Waals surface area contributed by atoms with E-state index in [1.165, 1.54) is 0 Å². The van der Waals surface area contributed by atoms with E-state index in [4.69, 9.17) is 0 Å². The van der Waals surface area contributed by atoms with E-state index >= 15 is 0 Å². The Morgan fingerprint density at radius 2 is 1.66 bits per heavy atom. The molecular formula is C23H26N4O2. The second-order valence-corrected chi connectivity index (χ2v) is 7.52. The van der Waals surface area contributed by atoms with Gasteiger partial charge in [-0.1, -0.05) is 12.1 Å². The Morgan fingerprint density at radius 1 is 1.00 bits per heavy atom. The van der Waals surface area contributed by atoms with Crippen LogP contribution in [0.1, 0.15) is 37.0 Å². The average Bonchev–Trinajstić information content (AvgIpc) is 2.77. The highest BCUT2D eigenvalue weighted by molar-refractivity contribution is 5.98. The quantitative estimate of drug-likeness (QED) is 0.640. The van der Waals surface area contributed by atoms with Crippen LogP contribution in [0.5, 0.6) is 0 Å². The van der Waals surface area contributed by atoms with Crippen LogP contribution in [0.15, 0.2) is 42.5 Å². The van der Waals surface area contributed by atoms with E-state index in [-0.39, 0.29) is 17.7 Å². The maximum Gasteiger partial charge on any atom is 0.253 e. The minimum atomic E-state index is -0.114. The SMILES string of the molecule is CCN(CC)C(=O)[C@H]1CCCN(C(=O)c2ccc3nc4ccccc4nc3c2)C1. The molecule has 2 heterocycles. The highest BCUT2D eigenvalue weighted by atomic mass is 16.2. The predicted octanol–water partition coefficient (Wildman–Crippen LogP) is 3.50. The van der Waals surface area contributed by atoms with Gasteiger partial charge in [0.1, 0.15) is 0 Å². The van der Waals surface area contributed by atoms with Crippen molar-refractivity contribution in [2.45, 2.75) is 26.7 Å². The summed E-state index contributed by atoms with van der Waals surface area (Å²) in [7, 11) is 0. The van der Waals surface area contributed by atoms with Crippen molar-refractivity contribution in [2.75, 3.05) is 26.2 Å². The lowest BCUT2D eigenvalue weighted by Gasteiger charge is -2.34. The standard InChI is InChI=1S/C23H26N4O2/c1-3-26(4-2)23(29)17-8-7-13-27(15-17)22(28)16-11-12-20-21(14-16)25-19-10-6-5-9-18(19)24-20/h5-6,9-12,14,17H,3-4,7-8,13,15H2,1-2H3/t17-/m0/s1. The molecule has 0 bridgehead atoms. The van der Waals surface area contributed by atoms with Gasteiger partial charge in [0, 0.05) is 31.7 Å². The number of para-hydroxylation sites is 2. The summed E-state index contributed by atoms with van der Waals surface area (Å²) in [5.74, 6) is -0.000884. The third-order valence-corrected chi connectivity index (χ3v) is 5.72. The Labute approximate surface area is 170 Å². The predicted molar refractivity (Wildman–Crippen MR) is 114 cm³/mol. The fraction of sp³-hybridized carbons (Fsp3) is 0.391. The number of aromatic nitrogens is 2. The lowest BCUT2D eigenvalue weighted by Crippen LogP contribution is -2.46. The third-order valence-electron chi connectivity index (χ3n) is 5.72. The van der Waals surface area contributed by atoms with Crippen LogP contribution in [0.25, 0.3) is 22.1 Å². The first-order chi connectivity index (χ1) is 14.1. The Balaban J connectivity index is 1.57. The number of benzene rings is 2. The van der Waals surface area contributed by atoms with Gasteiger partial charge in [-0.15, -0.1) is 0 Å². The van der Waals surface area contributed by atoms with Gasteiger partial charge in [0.15, 0.2) is 0 Å². The number of piperidine rings is 1. The molecule has 1 aliphatic heterocycles. The molecule has 0 unspecified atom stereocenters. The summed E-state index contributed by atoms with van der Waals surface area (Å²) < 4.78 is 0. The first kappa shape index (κ1) is 19.3. The first-order valence-electron chi connectivity index (χ1n) is 10.3. The monoisotopic (exact) mass is 390 g/mol. The van der Waals surface area contributed by atoms with E-state index in [1.54, 1.807) is 0 Å². The van der Waals surface area contributed by atoms with Crippen LogP contribution in [0.4, 0.5) is 0 Å². The second-order valence-electron chi connectivity index (χ2n) is 7.52. The molecule has 4 rings (SSSR count). The normalized spacial score (nSPS) is 16.9. The van der Waals surface area contributed by atoms with Crippen LogP contribution in [-0.4, -0.2) is 57.8 Å². The van der Waals surface area contributed by atoms with Crippen LogP contribution >= 0.6 is 0 Å². The Bertz CT molecular complexity index is 1060. The van der Waals surface area contributed by atoms with E-state index in [1.807, 2.05) is 66.1 Å². The molecule has 1 fully saturated rings. The number of carbonyl (C=O) groups is 2. The molecular weight excluding hydrogens is 364 g/mol. The molecule has 0 spiro atoms. The van der Waals surface area contributed by atoms with E-state index < -0.39 is 0 Å². The lowest BCUT2D eigenvalue weighted by molar-refractivity contribution is -0.136. The molecule has 0 N–H and O–H groups in total. The molecule has 0 aliphatic carbocycles. The van der Waals surface area contributed by atoms with Gasteiger partial charge in [0.05, 0.1) is 28.0 Å². The van der Waals surface area contributed by atoms with Crippen LogP contribution in [-0.2, 0) is 4.79 Å². The van der Waals surface area contributed by atoms with Crippen LogP contribution in [0.3, 0.4) is 0 Å². The largest absolute Gasteiger partial charge is 0.343 e. The van der Waals surface area contributed by atoms with Gasteiger partial charge in [0.2, 0.25) is 5.91 Å². The number of hydrogen-bond acceptors (Lipinski definition) is 4. The first-order valence-corrected chi connectivity index (χ1v) is 10.3. The summed E-state index contributed by atoms with van der Waals surface area (Å²) in [6.45, 7) is 6.56. The average molecular weight is 390 g/mol. The Morgan fingerprint density at radius 3 is 2.34 bits per heavy atom. The van der Waals surface area contributed by atoms with Crippen molar-refractivity contribution in [1.29, 1.82) is 0 Å². The summed E-state index contributed by atoms with van der Waals surface area (Å²) >= 11 is 0. The summed E-state index contributed by atoms with van der Waals surface area (Å²) in [6, 6.07) is 13.2. The van der Waals surface area contributed by atoms with Crippen molar-refractivity contribution >= 4 is 33.9 Å². The number of nitrogens with zero attached hydrogens (tertiary/aromatic N) is 4. The van der Waals surface area contributed by atoms with Gasteiger partial charge in [-0.2, -0.15) is 0 Å². The maximum atomic E-state index is 13.1. The zero-order chi connectivity index (χ0) is 20.4. The number of fused-ring (bicyclic) bond motifs is 2. The summed E-state index contributed by atoms with van der Waals surface area (Å²) in [6.07, 6.45) is 1.69. The molecule has 1 atom stereocenters. The minimum absolute atomic E-state index is 0.0427. The number of amides is 2. The molecule has 1 aliphatic rings. The van der Waals surface area contributed by atoms with Gasteiger partial charge < -0.3 is 9.80 Å². The van der Waals surface area contributed by atoms with E-state index in [0.29, 0.717) is 37.3 Å². The summed E-state index contributed by atoms with van der Waals surface area (Å²) in [4.78, 5) is 38.8. The molecule has 1 saturated heterocycles. The maximum absolute atomic E-state index is 13.1. The van der Waals surface area contributed by atoms with Gasteiger partial charge in [-0.25, -0.2) is 9.97 Å². The molecule has 0 radical (unpaired) electrons. The van der Waals surface area contributed by atoms with Crippen molar-refractivity contribution in [1.82, 2.24) is 19.8 Å². The molecule has 2 aromatic carbocycles. The molecule has 29 heavy (non-hydrogen) atoms. The van der Waals surface area contributed by atoms with Crippen LogP contribution in [0.2, 0.25) is 0 Å². The van der Waals surface area contributed by atoms with Crippen molar-refractivity contribution in [3.63, 3.8) is 0 Å². The van der Waals surface area contributed by atoms with Crippen LogP contribution in [0, 0.1) is 5.92 Å². The molecule has 6 heteroatoms. The lowest BCUT2D eigenvalue weighted by atomic mass is 9.95. The van der Waals surface area contributed by atoms with E-state index in [0.717, 1.165) is 29.4 Å². The fourth-order valence-corrected chi connectivity index (χ4v) is 4.09. The van der Waals surface area contributed by atoms with Gasteiger partial charge in [-0.3, -0.25) is 9.59 Å². The van der Waals surface area contributed by atoms with Crippen molar-refractivity contribution < 1.29 is 9.59 Å².